The van der Waals surface area contributed by atoms with Gasteiger partial charge in [-0.25, -0.2) is 9.59 Å². The fourth-order valence-electron chi connectivity index (χ4n) is 2.22. The van der Waals surface area contributed by atoms with Gasteiger partial charge in [-0.3, -0.25) is 15.4 Å². The van der Waals surface area contributed by atoms with E-state index in [9.17, 15) is 14.4 Å². The van der Waals surface area contributed by atoms with Crippen LogP contribution < -0.4 is 20.7 Å². The Labute approximate surface area is 167 Å². The SMILES string of the molecule is COC(=O)C(C)(COc1ccccc1)NCC(=O)NC(=O)NCc1cccs1. The van der Waals surface area contributed by atoms with Crippen LogP contribution in [0.2, 0.25) is 0 Å². The van der Waals surface area contributed by atoms with Crippen molar-refractivity contribution in [1.29, 1.82) is 0 Å². The standard InChI is InChI=1S/C19H23N3O5S/c1-19(17(24)26-2,13-27-14-7-4-3-5-8-14)21-12-16(23)22-18(25)20-11-15-9-6-10-28-15/h3-10,21H,11-13H2,1-2H3,(H2,20,22,23,25). The highest BCUT2D eigenvalue weighted by molar-refractivity contribution is 7.09. The Morgan fingerprint density at radius 2 is 1.86 bits per heavy atom. The molecule has 3 amide bonds. The van der Waals surface area contributed by atoms with Crippen LogP contribution >= 0.6 is 11.3 Å². The molecule has 0 aliphatic carbocycles. The van der Waals surface area contributed by atoms with Crippen LogP contribution in [-0.2, 0) is 20.9 Å². The Kier molecular flexibility index (Phi) is 7.97. The first-order valence-electron chi connectivity index (χ1n) is 8.54. The van der Waals surface area contributed by atoms with Crippen molar-refractivity contribution in [2.75, 3.05) is 20.3 Å². The van der Waals surface area contributed by atoms with E-state index in [0.29, 0.717) is 12.3 Å². The quantitative estimate of drug-likeness (QED) is 0.548. The third-order valence-corrected chi connectivity index (χ3v) is 4.68. The van der Waals surface area contributed by atoms with E-state index in [-0.39, 0.29) is 13.2 Å². The molecule has 1 heterocycles. The first kappa shape index (κ1) is 21.4. The third-order valence-electron chi connectivity index (χ3n) is 3.80. The maximum absolute atomic E-state index is 12.1. The lowest BCUT2D eigenvalue weighted by Crippen LogP contribution is -2.57. The molecule has 3 N–H and O–H groups in total. The lowest BCUT2D eigenvalue weighted by molar-refractivity contribution is -0.149. The maximum atomic E-state index is 12.1. The highest BCUT2D eigenvalue weighted by Gasteiger charge is 2.35. The van der Waals surface area contributed by atoms with E-state index in [1.54, 1.807) is 31.2 Å². The molecule has 0 saturated carbocycles. The molecule has 1 unspecified atom stereocenters. The van der Waals surface area contributed by atoms with Gasteiger partial charge in [0.1, 0.15) is 17.9 Å². The van der Waals surface area contributed by atoms with E-state index in [1.165, 1.54) is 18.4 Å². The van der Waals surface area contributed by atoms with Crippen molar-refractivity contribution in [3.05, 3.63) is 52.7 Å². The fraction of sp³-hybridized carbons (Fsp3) is 0.316. The van der Waals surface area contributed by atoms with Crippen LogP contribution in [0.5, 0.6) is 5.75 Å². The van der Waals surface area contributed by atoms with E-state index in [4.69, 9.17) is 9.47 Å². The van der Waals surface area contributed by atoms with E-state index < -0.39 is 23.4 Å². The fourth-order valence-corrected chi connectivity index (χ4v) is 2.87. The molecule has 9 heteroatoms. The molecule has 2 aromatic rings. The van der Waals surface area contributed by atoms with Gasteiger partial charge in [-0.1, -0.05) is 24.3 Å². The lowest BCUT2D eigenvalue weighted by Gasteiger charge is -2.27. The minimum Gasteiger partial charge on any atom is -0.491 e. The van der Waals surface area contributed by atoms with E-state index in [2.05, 4.69) is 16.0 Å². The number of benzene rings is 1. The molecule has 0 aliphatic rings. The number of thiophene rings is 1. The Hall–Kier alpha value is -2.91. The first-order chi connectivity index (χ1) is 13.4. The van der Waals surface area contributed by atoms with Gasteiger partial charge >= 0.3 is 12.0 Å². The lowest BCUT2D eigenvalue weighted by atomic mass is 10.0. The summed E-state index contributed by atoms with van der Waals surface area (Å²) in [7, 11) is 1.25. The number of hydrogen-bond acceptors (Lipinski definition) is 7. The van der Waals surface area contributed by atoms with Crippen molar-refractivity contribution in [3.8, 4) is 5.75 Å². The Balaban J connectivity index is 1.83. The van der Waals surface area contributed by atoms with Crippen LogP contribution in [0.25, 0.3) is 0 Å². The molecule has 0 saturated heterocycles. The van der Waals surface area contributed by atoms with Crippen molar-refractivity contribution < 1.29 is 23.9 Å². The predicted molar refractivity (Wildman–Crippen MR) is 105 cm³/mol. The number of ether oxygens (including phenoxy) is 2. The van der Waals surface area contributed by atoms with Gasteiger partial charge in [0, 0.05) is 4.88 Å². The van der Waals surface area contributed by atoms with Gasteiger partial charge in [-0.2, -0.15) is 0 Å². The van der Waals surface area contributed by atoms with Gasteiger partial charge in [-0.05, 0) is 30.5 Å². The summed E-state index contributed by atoms with van der Waals surface area (Å²) in [5.41, 5.74) is -1.27. The number of carbonyl (C=O) groups is 3. The summed E-state index contributed by atoms with van der Waals surface area (Å²) < 4.78 is 10.4. The van der Waals surface area contributed by atoms with E-state index in [1.807, 2.05) is 23.6 Å². The third kappa shape index (κ3) is 6.67. The highest BCUT2D eigenvalue weighted by Crippen LogP contribution is 2.13. The van der Waals surface area contributed by atoms with Crippen LogP contribution in [-0.4, -0.2) is 43.7 Å². The summed E-state index contributed by atoms with van der Waals surface area (Å²) in [5, 5.41) is 9.50. The molecule has 28 heavy (non-hydrogen) atoms. The van der Waals surface area contributed by atoms with Crippen LogP contribution in [0.15, 0.2) is 47.8 Å². The molecule has 1 aromatic heterocycles. The smallest absolute Gasteiger partial charge is 0.329 e. The second kappa shape index (κ2) is 10.4. The molecule has 1 aromatic carbocycles. The molecule has 1 atom stereocenters. The zero-order valence-corrected chi connectivity index (χ0v) is 16.5. The largest absolute Gasteiger partial charge is 0.491 e. The van der Waals surface area contributed by atoms with Crippen molar-refractivity contribution in [2.45, 2.75) is 19.0 Å². The van der Waals surface area contributed by atoms with E-state index in [0.717, 1.165) is 4.88 Å². The van der Waals surface area contributed by atoms with Gasteiger partial charge in [-0.15, -0.1) is 11.3 Å². The minimum atomic E-state index is -1.27. The zero-order valence-electron chi connectivity index (χ0n) is 15.7. The zero-order chi connectivity index (χ0) is 20.4. The average molecular weight is 405 g/mol. The summed E-state index contributed by atoms with van der Waals surface area (Å²) in [6.45, 7) is 1.57. The number of rotatable bonds is 9. The van der Waals surface area contributed by atoms with Crippen molar-refractivity contribution in [1.82, 2.24) is 16.0 Å². The van der Waals surface area contributed by atoms with Crippen molar-refractivity contribution in [3.63, 3.8) is 0 Å². The molecule has 0 radical (unpaired) electrons. The number of hydrogen-bond donors (Lipinski definition) is 3. The normalized spacial score (nSPS) is 12.5. The summed E-state index contributed by atoms with van der Waals surface area (Å²) in [4.78, 5) is 36.9. The summed E-state index contributed by atoms with van der Waals surface area (Å²) in [6.07, 6.45) is 0. The van der Waals surface area contributed by atoms with Crippen LogP contribution in [0.1, 0.15) is 11.8 Å². The molecule has 0 fully saturated rings. The Morgan fingerprint density at radius 3 is 2.50 bits per heavy atom. The topological polar surface area (TPSA) is 106 Å². The average Bonchev–Trinajstić information content (AvgIpc) is 3.23. The second-order valence-electron chi connectivity index (χ2n) is 6.09. The van der Waals surface area contributed by atoms with Gasteiger partial charge < -0.3 is 14.8 Å². The van der Waals surface area contributed by atoms with E-state index >= 15 is 0 Å². The Bertz CT molecular complexity index is 782. The van der Waals surface area contributed by atoms with Gasteiger partial charge in [0.25, 0.3) is 0 Å². The van der Waals surface area contributed by atoms with Gasteiger partial charge in [0.2, 0.25) is 5.91 Å². The summed E-state index contributed by atoms with van der Waals surface area (Å²) in [6, 6.07) is 12.1. The number of nitrogens with one attached hydrogen (secondary N) is 3. The van der Waals surface area contributed by atoms with Gasteiger partial charge in [0.15, 0.2) is 0 Å². The highest BCUT2D eigenvalue weighted by atomic mass is 32.1. The number of carbonyl (C=O) groups excluding carboxylic acids is 3. The number of urea groups is 1. The molecular weight excluding hydrogens is 382 g/mol. The van der Waals surface area contributed by atoms with Crippen LogP contribution in [0, 0.1) is 0 Å². The number of para-hydroxylation sites is 1. The molecule has 0 bridgehead atoms. The first-order valence-corrected chi connectivity index (χ1v) is 9.42. The summed E-state index contributed by atoms with van der Waals surface area (Å²) >= 11 is 1.50. The van der Waals surface area contributed by atoms with Crippen molar-refractivity contribution >= 4 is 29.2 Å². The second-order valence-corrected chi connectivity index (χ2v) is 7.12. The molecule has 0 aliphatic heterocycles. The number of esters is 1. The molecule has 2 rings (SSSR count). The molecule has 8 nitrogen and oxygen atoms in total. The molecule has 0 spiro atoms. The minimum absolute atomic E-state index is 0.0540. The van der Waals surface area contributed by atoms with Gasteiger partial charge in [0.05, 0.1) is 20.2 Å². The van der Waals surface area contributed by atoms with Crippen molar-refractivity contribution in [2.24, 2.45) is 0 Å². The molecular formula is C19H23N3O5S. The maximum Gasteiger partial charge on any atom is 0.329 e. The number of amides is 3. The predicted octanol–water partition coefficient (Wildman–Crippen LogP) is 1.67. The number of imide groups is 1. The number of methoxy groups -OCH3 is 1. The Morgan fingerprint density at radius 1 is 1.11 bits per heavy atom. The molecule has 150 valence electrons. The monoisotopic (exact) mass is 405 g/mol. The van der Waals surface area contributed by atoms with Crippen LogP contribution in [0.4, 0.5) is 4.79 Å². The summed E-state index contributed by atoms with van der Waals surface area (Å²) in [5.74, 6) is -0.589. The van der Waals surface area contributed by atoms with Crippen LogP contribution in [0.3, 0.4) is 0 Å².